The van der Waals surface area contributed by atoms with Crippen molar-refractivity contribution >= 4 is 17.9 Å². The fourth-order valence-corrected chi connectivity index (χ4v) is 3.55. The number of benzene rings is 1. The Hall–Kier alpha value is -3.61. The summed E-state index contributed by atoms with van der Waals surface area (Å²) < 4.78 is 15.6. The van der Waals surface area contributed by atoms with E-state index in [-0.39, 0.29) is 11.2 Å². The van der Waals surface area contributed by atoms with Gasteiger partial charge < -0.3 is 0 Å². The van der Waals surface area contributed by atoms with Crippen LogP contribution >= 0.6 is 0 Å². The number of hydrogen-bond acceptors (Lipinski definition) is 4. The maximum absolute atomic E-state index is 13.9. The molecular weight excluding hydrogens is 393 g/mol. The summed E-state index contributed by atoms with van der Waals surface area (Å²) in [6, 6.07) is 12.4. The lowest BCUT2D eigenvalue weighted by molar-refractivity contribution is -0.107. The van der Waals surface area contributed by atoms with Crippen molar-refractivity contribution in [2.75, 3.05) is 11.4 Å². The highest BCUT2D eigenvalue weighted by molar-refractivity contribution is 5.84. The second kappa shape index (κ2) is 7.91. The van der Waals surface area contributed by atoms with Gasteiger partial charge in [-0.2, -0.15) is 5.10 Å². The topological polar surface area (TPSA) is 63.4 Å². The van der Waals surface area contributed by atoms with Crippen LogP contribution in [0.4, 0.5) is 10.2 Å². The van der Waals surface area contributed by atoms with E-state index in [1.54, 1.807) is 40.9 Å². The Morgan fingerprint density at radius 2 is 1.90 bits per heavy atom. The van der Waals surface area contributed by atoms with Gasteiger partial charge in [-0.25, -0.2) is 18.9 Å². The maximum Gasteiger partial charge on any atom is 0.215 e. The fraction of sp³-hybridized carbons (Fsp3) is 0.250. The summed E-state index contributed by atoms with van der Waals surface area (Å²) in [5, 5.41) is 4.47. The number of aromatic nitrogens is 4. The molecule has 0 radical (unpaired) electrons. The molecule has 3 aromatic heterocycles. The molecule has 6 nitrogen and oxygen atoms in total. The number of fused-ring (bicyclic) bond motifs is 1. The Morgan fingerprint density at radius 3 is 2.61 bits per heavy atom. The monoisotopic (exact) mass is 417 g/mol. The predicted molar refractivity (Wildman–Crippen MR) is 119 cm³/mol. The van der Waals surface area contributed by atoms with Crippen molar-refractivity contribution in [2.24, 2.45) is 5.41 Å². The van der Waals surface area contributed by atoms with E-state index in [0.717, 1.165) is 23.2 Å². The van der Waals surface area contributed by atoms with E-state index >= 15 is 0 Å². The predicted octanol–water partition coefficient (Wildman–Crippen LogP) is 4.91. The van der Waals surface area contributed by atoms with E-state index in [4.69, 9.17) is 4.98 Å². The average molecular weight is 417 g/mol. The number of hydrogen-bond donors (Lipinski definition) is 0. The normalized spacial score (nSPS) is 11.6. The minimum absolute atomic E-state index is 0.0831. The summed E-state index contributed by atoms with van der Waals surface area (Å²) in [5.41, 5.74) is 4.18. The number of pyridine rings is 1. The van der Waals surface area contributed by atoms with Crippen molar-refractivity contribution in [3.63, 3.8) is 0 Å². The third-order valence-electron chi connectivity index (χ3n) is 4.91. The molecule has 158 valence electrons. The molecule has 0 bridgehead atoms. The van der Waals surface area contributed by atoms with Crippen molar-refractivity contribution < 1.29 is 9.18 Å². The first-order chi connectivity index (χ1) is 14.8. The Bertz CT molecular complexity index is 1260. The number of anilines is 1. The third kappa shape index (κ3) is 4.17. The van der Waals surface area contributed by atoms with Crippen LogP contribution in [0.2, 0.25) is 0 Å². The molecule has 0 aliphatic carbocycles. The smallest absolute Gasteiger partial charge is 0.215 e. The second-order valence-electron chi connectivity index (χ2n) is 8.76. The van der Waals surface area contributed by atoms with Crippen molar-refractivity contribution in [3.8, 4) is 22.5 Å². The van der Waals surface area contributed by atoms with Gasteiger partial charge in [0.05, 0.1) is 5.69 Å². The summed E-state index contributed by atoms with van der Waals surface area (Å²) in [6.45, 7) is 8.46. The van der Waals surface area contributed by atoms with E-state index < -0.39 is 0 Å². The number of rotatable bonds is 5. The minimum Gasteiger partial charge on any atom is -0.299 e. The van der Waals surface area contributed by atoms with Crippen LogP contribution in [0.5, 0.6) is 0 Å². The first-order valence-electron chi connectivity index (χ1n) is 10.1. The quantitative estimate of drug-likeness (QED) is 0.433. The van der Waals surface area contributed by atoms with E-state index in [1.165, 1.54) is 6.07 Å². The molecule has 0 aliphatic rings. The van der Waals surface area contributed by atoms with Crippen molar-refractivity contribution in [1.82, 2.24) is 19.6 Å². The van der Waals surface area contributed by atoms with E-state index in [2.05, 4.69) is 30.9 Å². The van der Waals surface area contributed by atoms with Crippen LogP contribution in [0, 0.1) is 18.2 Å². The van der Waals surface area contributed by atoms with Crippen LogP contribution in [0.25, 0.3) is 28.2 Å². The zero-order chi connectivity index (χ0) is 22.2. The van der Waals surface area contributed by atoms with Gasteiger partial charge >= 0.3 is 0 Å². The third-order valence-corrected chi connectivity index (χ3v) is 4.91. The second-order valence-corrected chi connectivity index (χ2v) is 8.76. The molecular formula is C24H24FN5O. The Morgan fingerprint density at radius 1 is 1.10 bits per heavy atom. The van der Waals surface area contributed by atoms with Crippen molar-refractivity contribution in [1.29, 1.82) is 0 Å². The zero-order valence-corrected chi connectivity index (χ0v) is 18.0. The molecule has 31 heavy (non-hydrogen) atoms. The average Bonchev–Trinajstić information content (AvgIpc) is 3.13. The molecule has 3 heterocycles. The lowest BCUT2D eigenvalue weighted by Gasteiger charge is -2.26. The lowest BCUT2D eigenvalue weighted by Crippen LogP contribution is -2.32. The number of carbonyl (C=O) groups is 1. The molecule has 1 aromatic carbocycles. The molecule has 0 aliphatic heterocycles. The standard InChI is InChI=1S/C24H24FN5O/c1-16-12-17(7-8-19(16)25)22-23(30-20(28-22)6-5-10-27-30)18-9-11-26-21(13-18)29(15-31)14-24(2,3)4/h5-13,15H,14H2,1-4H3. The molecule has 7 heteroatoms. The lowest BCUT2D eigenvalue weighted by atomic mass is 9.96. The summed E-state index contributed by atoms with van der Waals surface area (Å²) in [5.74, 6) is 0.289. The molecule has 1 amide bonds. The zero-order valence-electron chi connectivity index (χ0n) is 18.0. The van der Waals surface area contributed by atoms with Crippen LogP contribution in [-0.4, -0.2) is 32.5 Å². The van der Waals surface area contributed by atoms with Crippen LogP contribution in [-0.2, 0) is 4.79 Å². The number of carbonyl (C=O) groups excluding carboxylic acids is 1. The van der Waals surface area contributed by atoms with Gasteiger partial charge in [0, 0.05) is 30.1 Å². The van der Waals surface area contributed by atoms with E-state index in [1.807, 2.05) is 24.3 Å². The summed E-state index contributed by atoms with van der Waals surface area (Å²) in [4.78, 5) is 22.5. The fourth-order valence-electron chi connectivity index (χ4n) is 3.55. The maximum atomic E-state index is 13.9. The number of aryl methyl sites for hydroxylation is 1. The molecule has 4 rings (SSSR count). The van der Waals surface area contributed by atoms with E-state index in [0.29, 0.717) is 29.3 Å². The van der Waals surface area contributed by atoms with Gasteiger partial charge in [-0.15, -0.1) is 0 Å². The highest BCUT2D eigenvalue weighted by atomic mass is 19.1. The minimum atomic E-state index is -0.262. The SMILES string of the molecule is Cc1cc(-c2nc3cccnn3c2-c2ccnc(N(C=O)CC(C)(C)C)c2)ccc1F. The molecule has 0 fully saturated rings. The Balaban J connectivity index is 1.90. The van der Waals surface area contributed by atoms with Crippen molar-refractivity contribution in [3.05, 3.63) is 66.2 Å². The Kier molecular flexibility index (Phi) is 5.27. The first-order valence-corrected chi connectivity index (χ1v) is 10.1. The number of halogens is 1. The number of nitrogens with zero attached hydrogens (tertiary/aromatic N) is 5. The van der Waals surface area contributed by atoms with Gasteiger partial charge in [-0.1, -0.05) is 20.8 Å². The molecule has 0 saturated carbocycles. The van der Waals surface area contributed by atoms with Gasteiger partial charge in [0.2, 0.25) is 6.41 Å². The van der Waals surface area contributed by atoms with Gasteiger partial charge in [0.1, 0.15) is 17.3 Å². The first kappa shape index (κ1) is 20.7. The van der Waals surface area contributed by atoms with E-state index in [9.17, 15) is 9.18 Å². The molecule has 0 saturated heterocycles. The largest absolute Gasteiger partial charge is 0.299 e. The van der Waals surface area contributed by atoms with Crippen LogP contribution < -0.4 is 4.90 Å². The van der Waals surface area contributed by atoms with Gasteiger partial charge in [0.25, 0.3) is 0 Å². The molecule has 0 atom stereocenters. The summed E-state index contributed by atoms with van der Waals surface area (Å²) in [7, 11) is 0. The van der Waals surface area contributed by atoms with Gasteiger partial charge in [0.15, 0.2) is 5.65 Å². The summed E-state index contributed by atoms with van der Waals surface area (Å²) >= 11 is 0. The van der Waals surface area contributed by atoms with Crippen molar-refractivity contribution in [2.45, 2.75) is 27.7 Å². The highest BCUT2D eigenvalue weighted by Crippen LogP contribution is 2.34. The molecule has 4 aromatic rings. The van der Waals surface area contributed by atoms with Crippen LogP contribution in [0.15, 0.2) is 54.9 Å². The summed E-state index contributed by atoms with van der Waals surface area (Å²) in [6.07, 6.45) is 4.16. The number of imidazole rings is 1. The molecule has 0 N–H and O–H groups in total. The van der Waals surface area contributed by atoms with Crippen LogP contribution in [0.3, 0.4) is 0 Å². The molecule has 0 unspecified atom stereocenters. The van der Waals surface area contributed by atoms with Gasteiger partial charge in [-0.3, -0.25) is 9.69 Å². The van der Waals surface area contributed by atoms with Crippen LogP contribution in [0.1, 0.15) is 26.3 Å². The van der Waals surface area contributed by atoms with Gasteiger partial charge in [-0.05, 0) is 60.4 Å². The Labute approximate surface area is 180 Å². The highest BCUT2D eigenvalue weighted by Gasteiger charge is 2.21. The number of amides is 1. The molecule has 0 spiro atoms.